The molecule has 0 aliphatic heterocycles. The lowest BCUT2D eigenvalue weighted by Crippen LogP contribution is -2.12. The molecule has 2 N–H and O–H groups in total. The van der Waals surface area contributed by atoms with Gasteiger partial charge in [-0.25, -0.2) is 4.39 Å². The van der Waals surface area contributed by atoms with Gasteiger partial charge in [0.2, 0.25) is 0 Å². The van der Waals surface area contributed by atoms with Crippen molar-refractivity contribution in [1.82, 2.24) is 0 Å². The van der Waals surface area contributed by atoms with Crippen LogP contribution in [0.4, 0.5) is 17.6 Å². The molecule has 0 aliphatic rings. The van der Waals surface area contributed by atoms with Gasteiger partial charge in [0.05, 0.1) is 5.56 Å². The summed E-state index contributed by atoms with van der Waals surface area (Å²) < 4.78 is 49.1. The van der Waals surface area contributed by atoms with Crippen LogP contribution in [-0.4, -0.2) is 0 Å². The van der Waals surface area contributed by atoms with E-state index >= 15 is 0 Å². The van der Waals surface area contributed by atoms with Gasteiger partial charge in [0.15, 0.2) is 0 Å². The van der Waals surface area contributed by atoms with Crippen LogP contribution in [0.1, 0.15) is 11.1 Å². The first kappa shape index (κ1) is 13.2. The Morgan fingerprint density at radius 3 is 2.21 bits per heavy atom. The molecule has 0 saturated carbocycles. The van der Waals surface area contributed by atoms with Gasteiger partial charge in [-0.05, 0) is 23.8 Å². The van der Waals surface area contributed by atoms with E-state index in [2.05, 4.69) is 0 Å². The highest BCUT2D eigenvalue weighted by Gasteiger charge is 2.32. The summed E-state index contributed by atoms with van der Waals surface area (Å²) in [6.45, 7) is -0.327. The van der Waals surface area contributed by atoms with E-state index in [1.807, 2.05) is 0 Å². The Balaban J connectivity index is 0.00000169. The van der Waals surface area contributed by atoms with Gasteiger partial charge in [-0.1, -0.05) is 0 Å². The van der Waals surface area contributed by atoms with Crippen LogP contribution in [0.5, 0.6) is 0 Å². The number of nitrogens with two attached hydrogens (primary N) is 1. The monoisotopic (exact) mass is 229 g/mol. The summed E-state index contributed by atoms with van der Waals surface area (Å²) in [7, 11) is 0. The van der Waals surface area contributed by atoms with E-state index in [1.165, 1.54) is 0 Å². The molecule has 0 unspecified atom stereocenters. The van der Waals surface area contributed by atoms with Crippen LogP contribution in [0, 0.1) is 5.82 Å². The van der Waals surface area contributed by atoms with Crippen molar-refractivity contribution in [1.29, 1.82) is 0 Å². The largest absolute Gasteiger partial charge is 0.416 e. The maximum Gasteiger partial charge on any atom is 0.416 e. The van der Waals surface area contributed by atoms with E-state index in [9.17, 15) is 17.6 Å². The highest BCUT2D eigenvalue weighted by Crippen LogP contribution is 2.31. The summed E-state index contributed by atoms with van der Waals surface area (Å²) >= 11 is 0. The van der Waals surface area contributed by atoms with Gasteiger partial charge in [0.1, 0.15) is 5.82 Å². The first-order valence-corrected chi connectivity index (χ1v) is 3.51. The fourth-order valence-corrected chi connectivity index (χ4v) is 1.01. The minimum Gasteiger partial charge on any atom is -0.326 e. The second-order valence-corrected chi connectivity index (χ2v) is 2.50. The van der Waals surface area contributed by atoms with Gasteiger partial charge in [-0.2, -0.15) is 13.2 Å². The van der Waals surface area contributed by atoms with E-state index < -0.39 is 17.6 Å². The topological polar surface area (TPSA) is 26.0 Å². The van der Waals surface area contributed by atoms with Crippen molar-refractivity contribution in [3.8, 4) is 0 Å². The van der Waals surface area contributed by atoms with Gasteiger partial charge in [-0.15, -0.1) is 12.4 Å². The summed E-state index contributed by atoms with van der Waals surface area (Å²) in [6.07, 6.45) is -4.47. The third-order valence-corrected chi connectivity index (χ3v) is 1.59. The second-order valence-electron chi connectivity index (χ2n) is 2.50. The fraction of sp³-hybridized carbons (Fsp3) is 0.250. The van der Waals surface area contributed by atoms with Crippen LogP contribution >= 0.6 is 12.4 Å². The molecule has 0 amide bonds. The third kappa shape index (κ3) is 2.85. The first-order valence-electron chi connectivity index (χ1n) is 3.51. The fourth-order valence-electron chi connectivity index (χ4n) is 1.01. The van der Waals surface area contributed by atoms with E-state index in [1.54, 1.807) is 0 Å². The van der Waals surface area contributed by atoms with Crippen LogP contribution in [0.15, 0.2) is 18.2 Å². The Labute approximate surface area is 84.3 Å². The molecule has 1 aromatic carbocycles. The van der Waals surface area contributed by atoms with E-state index in [4.69, 9.17) is 5.73 Å². The second kappa shape index (κ2) is 4.61. The molecule has 6 heteroatoms. The molecule has 0 bridgehead atoms. The van der Waals surface area contributed by atoms with Crippen LogP contribution in [0.25, 0.3) is 0 Å². The first-order chi connectivity index (χ1) is 5.95. The van der Waals surface area contributed by atoms with Crippen LogP contribution in [-0.2, 0) is 12.7 Å². The average molecular weight is 230 g/mol. The Bertz CT molecular complexity index is 311. The Morgan fingerprint density at radius 1 is 1.21 bits per heavy atom. The molecular formula is C8H8ClF4N. The predicted molar refractivity (Wildman–Crippen MR) is 46.5 cm³/mol. The van der Waals surface area contributed by atoms with Crippen molar-refractivity contribution in [2.24, 2.45) is 5.73 Å². The van der Waals surface area contributed by atoms with Crippen molar-refractivity contribution in [3.05, 3.63) is 35.1 Å². The molecule has 0 saturated heterocycles. The Kier molecular flexibility index (Phi) is 4.35. The van der Waals surface area contributed by atoms with Gasteiger partial charge < -0.3 is 5.73 Å². The average Bonchev–Trinajstić information content (AvgIpc) is 2.01. The number of benzene rings is 1. The lowest BCUT2D eigenvalue weighted by Gasteiger charge is -2.10. The minimum absolute atomic E-state index is 0. The Morgan fingerprint density at radius 2 is 1.79 bits per heavy atom. The zero-order valence-corrected chi connectivity index (χ0v) is 7.75. The number of halogens is 5. The number of rotatable bonds is 1. The maximum absolute atomic E-state index is 12.5. The molecule has 0 heterocycles. The quantitative estimate of drug-likeness (QED) is 0.737. The number of hydrogen-bond acceptors (Lipinski definition) is 1. The van der Waals surface area contributed by atoms with E-state index in [0.717, 1.165) is 12.1 Å². The molecule has 0 spiro atoms. The van der Waals surface area contributed by atoms with Crippen molar-refractivity contribution < 1.29 is 17.6 Å². The highest BCUT2D eigenvalue weighted by atomic mass is 35.5. The smallest absolute Gasteiger partial charge is 0.326 e. The number of hydrogen-bond donors (Lipinski definition) is 1. The SMILES string of the molecule is Cl.NCc1cc(F)ccc1C(F)(F)F. The summed E-state index contributed by atoms with van der Waals surface area (Å²) in [5, 5.41) is 0. The molecular weight excluding hydrogens is 222 g/mol. The summed E-state index contributed by atoms with van der Waals surface area (Å²) in [5.41, 5.74) is 3.94. The lowest BCUT2D eigenvalue weighted by atomic mass is 10.1. The van der Waals surface area contributed by atoms with Crippen molar-refractivity contribution >= 4 is 12.4 Å². The standard InChI is InChI=1S/C8H7F4N.ClH/c9-6-1-2-7(8(10,11)12)5(3-6)4-13;/h1-3H,4,13H2;1H. The summed E-state index contributed by atoms with van der Waals surface area (Å²) in [6, 6.07) is 2.25. The third-order valence-electron chi connectivity index (χ3n) is 1.59. The van der Waals surface area contributed by atoms with Crippen molar-refractivity contribution in [2.45, 2.75) is 12.7 Å². The van der Waals surface area contributed by atoms with Gasteiger partial charge in [-0.3, -0.25) is 0 Å². The van der Waals surface area contributed by atoms with E-state index in [0.29, 0.717) is 6.07 Å². The zero-order chi connectivity index (χ0) is 10.1. The molecule has 1 rings (SSSR count). The summed E-state index contributed by atoms with van der Waals surface area (Å²) in [4.78, 5) is 0. The molecule has 0 atom stereocenters. The normalized spacial score (nSPS) is 10.9. The molecule has 0 radical (unpaired) electrons. The molecule has 80 valence electrons. The number of alkyl halides is 3. The van der Waals surface area contributed by atoms with Gasteiger partial charge in [0.25, 0.3) is 0 Å². The van der Waals surface area contributed by atoms with Gasteiger partial charge >= 0.3 is 6.18 Å². The minimum atomic E-state index is -4.47. The van der Waals surface area contributed by atoms with Crippen molar-refractivity contribution in [3.63, 3.8) is 0 Å². The summed E-state index contributed by atoms with van der Waals surface area (Å²) in [5.74, 6) is -0.714. The predicted octanol–water partition coefficient (Wildman–Crippen LogP) is 2.73. The van der Waals surface area contributed by atoms with Crippen LogP contribution in [0.3, 0.4) is 0 Å². The van der Waals surface area contributed by atoms with Crippen LogP contribution in [0.2, 0.25) is 0 Å². The van der Waals surface area contributed by atoms with E-state index in [-0.39, 0.29) is 24.5 Å². The molecule has 14 heavy (non-hydrogen) atoms. The maximum atomic E-state index is 12.5. The lowest BCUT2D eigenvalue weighted by molar-refractivity contribution is -0.138. The highest BCUT2D eigenvalue weighted by molar-refractivity contribution is 5.85. The van der Waals surface area contributed by atoms with Crippen LogP contribution < -0.4 is 5.73 Å². The zero-order valence-electron chi connectivity index (χ0n) is 6.94. The van der Waals surface area contributed by atoms with Gasteiger partial charge in [0, 0.05) is 6.54 Å². The molecule has 0 fully saturated rings. The van der Waals surface area contributed by atoms with Crippen molar-refractivity contribution in [2.75, 3.05) is 0 Å². The molecule has 1 aromatic rings. The molecule has 1 nitrogen and oxygen atoms in total. The molecule has 0 aromatic heterocycles. The Hall–Kier alpha value is -0.810. The molecule has 0 aliphatic carbocycles.